The summed E-state index contributed by atoms with van der Waals surface area (Å²) in [6.45, 7) is 0. The number of H-pyrrole nitrogens is 1. The normalized spacial score (nSPS) is 11.0. The number of hydrogen-bond acceptors (Lipinski definition) is 6. The van der Waals surface area contributed by atoms with E-state index in [1.807, 2.05) is 30.3 Å². The van der Waals surface area contributed by atoms with Crippen LogP contribution in [-0.2, 0) is 0 Å². The fraction of sp³-hybridized carbons (Fsp3) is 0. The summed E-state index contributed by atoms with van der Waals surface area (Å²) in [5.74, 6) is -1.52. The van der Waals surface area contributed by atoms with Gasteiger partial charge >= 0.3 is 5.97 Å². The lowest BCUT2D eigenvalue weighted by molar-refractivity contribution is -0.384. The molecule has 0 atom stereocenters. The number of nitro groups is 1. The van der Waals surface area contributed by atoms with Crippen molar-refractivity contribution in [3.05, 3.63) is 130 Å². The Balaban J connectivity index is 1.36. The second-order valence-electron chi connectivity index (χ2n) is 8.36. The number of para-hydroxylation sites is 1. The van der Waals surface area contributed by atoms with Crippen LogP contribution < -0.4 is 10.2 Å². The lowest BCUT2D eigenvalue weighted by atomic mass is 10.0. The van der Waals surface area contributed by atoms with Crippen LogP contribution in [0.3, 0.4) is 0 Å². The van der Waals surface area contributed by atoms with Gasteiger partial charge in [0.2, 0.25) is 0 Å². The molecular formula is C29H19FN4O5. The van der Waals surface area contributed by atoms with E-state index in [4.69, 9.17) is 4.74 Å². The van der Waals surface area contributed by atoms with Crippen LogP contribution in [0, 0.1) is 15.9 Å². The molecule has 5 aromatic rings. The molecule has 10 heteroatoms. The summed E-state index contributed by atoms with van der Waals surface area (Å²) in [5.41, 5.74) is 4.90. The van der Waals surface area contributed by atoms with Crippen molar-refractivity contribution in [2.24, 2.45) is 5.10 Å². The Hall–Kier alpha value is -5.64. The largest absolute Gasteiger partial charge is 0.422 e. The molecule has 0 spiro atoms. The van der Waals surface area contributed by atoms with Crippen molar-refractivity contribution in [1.82, 2.24) is 10.4 Å². The SMILES string of the molecule is O=C(Oc1ccccc1C=NNC(=O)c1[nH]c2ccc(F)cc2c1-c1ccccc1)c1ccc([N+](=O)[O-])cc1. The minimum atomic E-state index is -0.715. The lowest BCUT2D eigenvalue weighted by Gasteiger charge is -2.07. The number of carbonyl (C=O) groups is 2. The lowest BCUT2D eigenvalue weighted by Crippen LogP contribution is -2.19. The fourth-order valence-corrected chi connectivity index (χ4v) is 4.01. The van der Waals surface area contributed by atoms with Crippen LogP contribution in [0.2, 0.25) is 0 Å². The molecule has 9 nitrogen and oxygen atoms in total. The number of aromatic nitrogens is 1. The smallest absolute Gasteiger partial charge is 0.343 e. The second kappa shape index (κ2) is 10.8. The van der Waals surface area contributed by atoms with Crippen molar-refractivity contribution in [1.29, 1.82) is 0 Å². The number of hydrazone groups is 1. The average molecular weight is 522 g/mol. The number of ether oxygens (including phenoxy) is 1. The first kappa shape index (κ1) is 25.0. The molecule has 192 valence electrons. The van der Waals surface area contributed by atoms with Gasteiger partial charge in [-0.15, -0.1) is 0 Å². The highest BCUT2D eigenvalue weighted by atomic mass is 19.1. The molecule has 0 aliphatic carbocycles. The minimum absolute atomic E-state index is 0.129. The Morgan fingerprint density at radius 2 is 1.67 bits per heavy atom. The van der Waals surface area contributed by atoms with Gasteiger partial charge in [0, 0.05) is 34.2 Å². The molecule has 0 saturated carbocycles. The molecule has 4 aromatic carbocycles. The molecule has 5 rings (SSSR count). The summed E-state index contributed by atoms with van der Waals surface area (Å²) in [4.78, 5) is 39.0. The van der Waals surface area contributed by atoms with Gasteiger partial charge in [0.25, 0.3) is 11.6 Å². The zero-order valence-electron chi connectivity index (χ0n) is 20.1. The monoisotopic (exact) mass is 522 g/mol. The Bertz CT molecular complexity index is 1730. The highest BCUT2D eigenvalue weighted by molar-refractivity contribution is 6.09. The number of aromatic amines is 1. The van der Waals surface area contributed by atoms with Crippen LogP contribution in [0.5, 0.6) is 5.75 Å². The van der Waals surface area contributed by atoms with E-state index >= 15 is 0 Å². The molecule has 1 amide bonds. The van der Waals surface area contributed by atoms with Gasteiger partial charge < -0.3 is 9.72 Å². The number of fused-ring (bicyclic) bond motifs is 1. The van der Waals surface area contributed by atoms with Crippen molar-refractivity contribution >= 4 is 34.7 Å². The van der Waals surface area contributed by atoms with E-state index in [-0.39, 0.29) is 22.7 Å². The molecule has 0 radical (unpaired) electrons. The number of amides is 1. The van der Waals surface area contributed by atoms with Crippen molar-refractivity contribution in [3.63, 3.8) is 0 Å². The summed E-state index contributed by atoms with van der Waals surface area (Å²) >= 11 is 0. The molecule has 1 aromatic heterocycles. The van der Waals surface area contributed by atoms with E-state index in [0.717, 1.165) is 5.56 Å². The molecule has 0 saturated heterocycles. The minimum Gasteiger partial charge on any atom is -0.422 e. The fourth-order valence-electron chi connectivity index (χ4n) is 4.01. The molecule has 39 heavy (non-hydrogen) atoms. The van der Waals surface area contributed by atoms with Crippen molar-refractivity contribution in [2.75, 3.05) is 0 Å². The molecule has 0 aliphatic rings. The van der Waals surface area contributed by atoms with Crippen LogP contribution in [0.15, 0.2) is 102 Å². The first-order valence-corrected chi connectivity index (χ1v) is 11.7. The molecule has 0 fully saturated rings. The maximum absolute atomic E-state index is 14.0. The molecule has 1 heterocycles. The summed E-state index contributed by atoms with van der Waals surface area (Å²) in [7, 11) is 0. The van der Waals surface area contributed by atoms with Crippen LogP contribution in [-0.4, -0.2) is 28.0 Å². The standard InChI is InChI=1S/C29H19FN4O5/c30-21-12-15-24-23(16-21)26(18-6-2-1-3-7-18)27(32-24)28(35)33-31-17-20-8-4-5-9-25(20)39-29(36)19-10-13-22(14-11-19)34(37)38/h1-17,32H,(H,33,35). The number of halogens is 1. The zero-order chi connectivity index (χ0) is 27.4. The van der Waals surface area contributed by atoms with Gasteiger partial charge in [-0.3, -0.25) is 14.9 Å². The first-order chi connectivity index (χ1) is 18.9. The third-order valence-corrected chi connectivity index (χ3v) is 5.86. The summed E-state index contributed by atoms with van der Waals surface area (Å²) < 4.78 is 19.5. The predicted molar refractivity (Wildman–Crippen MR) is 143 cm³/mol. The Labute approximate surface area is 220 Å². The average Bonchev–Trinajstić information content (AvgIpc) is 3.33. The number of rotatable bonds is 7. The number of nitro benzene ring substituents is 1. The van der Waals surface area contributed by atoms with E-state index in [0.29, 0.717) is 22.0 Å². The number of benzene rings is 4. The maximum Gasteiger partial charge on any atom is 0.343 e. The van der Waals surface area contributed by atoms with Crippen molar-refractivity contribution in [2.45, 2.75) is 0 Å². The van der Waals surface area contributed by atoms with E-state index in [1.165, 1.54) is 42.6 Å². The van der Waals surface area contributed by atoms with Gasteiger partial charge in [0.1, 0.15) is 17.3 Å². The van der Waals surface area contributed by atoms with E-state index in [1.54, 1.807) is 30.3 Å². The van der Waals surface area contributed by atoms with Crippen molar-refractivity contribution < 1.29 is 23.6 Å². The molecule has 0 unspecified atom stereocenters. The summed E-state index contributed by atoms with van der Waals surface area (Å²) in [6, 6.07) is 24.9. The quantitative estimate of drug-likeness (QED) is 0.0909. The number of non-ortho nitro benzene ring substituents is 1. The zero-order valence-corrected chi connectivity index (χ0v) is 20.1. The van der Waals surface area contributed by atoms with Crippen LogP contribution in [0.4, 0.5) is 10.1 Å². The Kier molecular flexibility index (Phi) is 6.91. The van der Waals surface area contributed by atoms with Crippen LogP contribution >= 0.6 is 0 Å². The Morgan fingerprint density at radius 1 is 0.949 bits per heavy atom. The van der Waals surface area contributed by atoms with Gasteiger partial charge in [-0.05, 0) is 48.0 Å². The van der Waals surface area contributed by atoms with Crippen LogP contribution in [0.25, 0.3) is 22.0 Å². The van der Waals surface area contributed by atoms with Crippen molar-refractivity contribution in [3.8, 4) is 16.9 Å². The number of nitrogens with zero attached hydrogens (tertiary/aromatic N) is 2. The summed E-state index contributed by atoms with van der Waals surface area (Å²) in [6.07, 6.45) is 1.32. The van der Waals surface area contributed by atoms with E-state index in [2.05, 4.69) is 15.5 Å². The highest BCUT2D eigenvalue weighted by Gasteiger charge is 2.20. The topological polar surface area (TPSA) is 127 Å². The third-order valence-electron chi connectivity index (χ3n) is 5.86. The summed E-state index contributed by atoms with van der Waals surface area (Å²) in [5, 5.41) is 15.4. The van der Waals surface area contributed by atoms with Gasteiger partial charge in [0.15, 0.2) is 0 Å². The second-order valence-corrected chi connectivity index (χ2v) is 8.36. The van der Waals surface area contributed by atoms with E-state index < -0.39 is 22.6 Å². The molecule has 2 N–H and O–H groups in total. The third kappa shape index (κ3) is 5.39. The van der Waals surface area contributed by atoms with E-state index in [9.17, 15) is 24.1 Å². The molecule has 0 aliphatic heterocycles. The van der Waals surface area contributed by atoms with Crippen LogP contribution in [0.1, 0.15) is 26.4 Å². The van der Waals surface area contributed by atoms with Gasteiger partial charge in [-0.1, -0.05) is 42.5 Å². The van der Waals surface area contributed by atoms with Gasteiger partial charge in [-0.2, -0.15) is 5.10 Å². The first-order valence-electron chi connectivity index (χ1n) is 11.7. The molecular weight excluding hydrogens is 503 g/mol. The number of carbonyl (C=O) groups excluding carboxylic acids is 2. The Morgan fingerprint density at radius 3 is 2.41 bits per heavy atom. The number of hydrogen-bond donors (Lipinski definition) is 2. The number of nitrogens with one attached hydrogen (secondary N) is 2. The highest BCUT2D eigenvalue weighted by Crippen LogP contribution is 2.33. The number of esters is 1. The maximum atomic E-state index is 14.0. The van der Waals surface area contributed by atoms with Gasteiger partial charge in [-0.25, -0.2) is 14.6 Å². The predicted octanol–water partition coefficient (Wildman–Crippen LogP) is 5.87. The molecule has 0 bridgehead atoms. The van der Waals surface area contributed by atoms with Gasteiger partial charge in [0.05, 0.1) is 16.7 Å².